The minimum atomic E-state index is -0.898. The first kappa shape index (κ1) is 13.7. The van der Waals surface area contributed by atoms with Crippen molar-refractivity contribution < 1.29 is 9.50 Å². The smallest absolute Gasteiger partial charge is 0.182 e. The van der Waals surface area contributed by atoms with Crippen LogP contribution in [0.2, 0.25) is 5.02 Å². The minimum absolute atomic E-state index is 0.0221. The van der Waals surface area contributed by atoms with Crippen LogP contribution in [0, 0.1) is 5.82 Å². The number of rotatable bonds is 4. The number of halogens is 2. The maximum atomic E-state index is 13.4. The monoisotopic (exact) mass is 307 g/mol. The number of hydrogen-bond donors (Lipinski definition) is 3. The minimum Gasteiger partial charge on any atom is -0.387 e. The van der Waals surface area contributed by atoms with Crippen molar-refractivity contribution in [3.05, 3.63) is 47.3 Å². The molecular weight excluding hydrogens is 297 g/mol. The van der Waals surface area contributed by atoms with Gasteiger partial charge in [0.25, 0.3) is 0 Å². The second kappa shape index (κ2) is 5.63. The van der Waals surface area contributed by atoms with E-state index in [0.29, 0.717) is 22.5 Å². The zero-order valence-corrected chi connectivity index (χ0v) is 11.5. The molecule has 0 fully saturated rings. The van der Waals surface area contributed by atoms with Crippen LogP contribution < -0.4 is 5.32 Å². The number of aliphatic hydroxyl groups is 1. The number of H-pyrrole nitrogens is 1. The maximum absolute atomic E-state index is 13.4. The Morgan fingerprint density at radius 2 is 2.19 bits per heavy atom. The van der Waals surface area contributed by atoms with Crippen LogP contribution in [0.4, 0.5) is 10.2 Å². The van der Waals surface area contributed by atoms with Crippen LogP contribution in [0.25, 0.3) is 11.2 Å². The van der Waals surface area contributed by atoms with Gasteiger partial charge in [0.15, 0.2) is 11.5 Å². The third kappa shape index (κ3) is 2.79. The highest BCUT2D eigenvalue weighted by Crippen LogP contribution is 2.21. The summed E-state index contributed by atoms with van der Waals surface area (Å²) in [6, 6.07) is 4.19. The molecule has 0 saturated heterocycles. The van der Waals surface area contributed by atoms with E-state index < -0.39 is 11.9 Å². The quantitative estimate of drug-likeness (QED) is 0.688. The Labute approximate surface area is 124 Å². The van der Waals surface area contributed by atoms with Crippen molar-refractivity contribution in [2.75, 3.05) is 11.9 Å². The van der Waals surface area contributed by atoms with Crippen molar-refractivity contribution in [3.8, 4) is 0 Å². The van der Waals surface area contributed by atoms with Gasteiger partial charge < -0.3 is 15.4 Å². The Kier molecular flexibility index (Phi) is 3.68. The first-order valence-corrected chi connectivity index (χ1v) is 6.54. The molecule has 3 rings (SSSR count). The molecule has 8 heteroatoms. The number of aliphatic hydroxyl groups excluding tert-OH is 1. The number of aromatic amines is 1. The van der Waals surface area contributed by atoms with E-state index in [1.165, 1.54) is 24.8 Å². The molecule has 1 aromatic carbocycles. The lowest BCUT2D eigenvalue weighted by molar-refractivity contribution is 0.191. The molecule has 1 atom stereocenters. The summed E-state index contributed by atoms with van der Waals surface area (Å²) in [7, 11) is 0. The van der Waals surface area contributed by atoms with Crippen LogP contribution in [0.1, 0.15) is 11.7 Å². The van der Waals surface area contributed by atoms with E-state index in [1.807, 2.05) is 0 Å². The van der Waals surface area contributed by atoms with Crippen molar-refractivity contribution in [2.45, 2.75) is 6.10 Å². The van der Waals surface area contributed by atoms with E-state index in [2.05, 4.69) is 25.3 Å². The molecule has 108 valence electrons. The number of hydrogen-bond acceptors (Lipinski definition) is 5. The fourth-order valence-corrected chi connectivity index (χ4v) is 2.05. The predicted molar refractivity (Wildman–Crippen MR) is 76.5 cm³/mol. The highest BCUT2D eigenvalue weighted by molar-refractivity contribution is 6.30. The Hall–Kier alpha value is -2.25. The summed E-state index contributed by atoms with van der Waals surface area (Å²) >= 11 is 5.61. The lowest BCUT2D eigenvalue weighted by Gasteiger charge is -2.13. The van der Waals surface area contributed by atoms with Crippen LogP contribution in [-0.2, 0) is 0 Å². The molecule has 0 aliphatic rings. The zero-order chi connectivity index (χ0) is 14.8. The van der Waals surface area contributed by atoms with Crippen molar-refractivity contribution >= 4 is 28.6 Å². The number of nitrogens with one attached hydrogen (secondary N) is 2. The summed E-state index contributed by atoms with van der Waals surface area (Å²) in [5.74, 6) is -0.0443. The van der Waals surface area contributed by atoms with Crippen LogP contribution >= 0.6 is 11.6 Å². The molecule has 2 heterocycles. The number of fused-ring (bicyclic) bond motifs is 1. The van der Waals surface area contributed by atoms with E-state index >= 15 is 0 Å². The van der Waals surface area contributed by atoms with Crippen molar-refractivity contribution in [1.29, 1.82) is 0 Å². The Bertz CT molecular complexity index is 778. The fourth-order valence-electron chi connectivity index (χ4n) is 1.93. The zero-order valence-electron chi connectivity index (χ0n) is 10.7. The topological polar surface area (TPSA) is 86.7 Å². The van der Waals surface area contributed by atoms with Gasteiger partial charge in [-0.05, 0) is 17.7 Å². The summed E-state index contributed by atoms with van der Waals surface area (Å²) in [4.78, 5) is 15.0. The number of benzene rings is 1. The molecule has 3 aromatic rings. The van der Waals surface area contributed by atoms with Crippen molar-refractivity contribution in [1.82, 2.24) is 19.9 Å². The molecule has 3 N–H and O–H groups in total. The SMILES string of the molecule is OC(CNc1ncnc2nc[nH]c12)c1ccc(Cl)c(F)c1. The summed E-state index contributed by atoms with van der Waals surface area (Å²) in [6.45, 7) is 0.159. The third-order valence-corrected chi connectivity index (χ3v) is 3.32. The number of aromatic nitrogens is 4. The van der Waals surface area contributed by atoms with Crippen LogP contribution in [0.15, 0.2) is 30.9 Å². The van der Waals surface area contributed by atoms with E-state index in [0.717, 1.165) is 0 Å². The standard InChI is InChI=1S/C13H11ClFN5O/c14-8-2-1-7(3-9(8)15)10(21)4-16-12-11-13(18-5-17-11)20-6-19-12/h1-3,5-6,10,21H,4H2,(H2,16,17,18,19,20). The molecule has 21 heavy (non-hydrogen) atoms. The van der Waals surface area contributed by atoms with Gasteiger partial charge in [0, 0.05) is 6.54 Å². The summed E-state index contributed by atoms with van der Waals surface area (Å²) in [5.41, 5.74) is 1.60. The lowest BCUT2D eigenvalue weighted by Crippen LogP contribution is -2.13. The van der Waals surface area contributed by atoms with Crippen LogP contribution in [0.5, 0.6) is 0 Å². The molecule has 1 unspecified atom stereocenters. The Morgan fingerprint density at radius 1 is 1.33 bits per heavy atom. The van der Waals surface area contributed by atoms with Gasteiger partial charge in [0.1, 0.15) is 17.7 Å². The van der Waals surface area contributed by atoms with Gasteiger partial charge in [0.05, 0.1) is 17.5 Å². The van der Waals surface area contributed by atoms with Crippen molar-refractivity contribution in [2.24, 2.45) is 0 Å². The summed E-state index contributed by atoms with van der Waals surface area (Å²) < 4.78 is 13.4. The first-order chi connectivity index (χ1) is 10.1. The highest BCUT2D eigenvalue weighted by atomic mass is 35.5. The second-order valence-corrected chi connectivity index (χ2v) is 4.80. The molecule has 0 amide bonds. The molecule has 0 aliphatic heterocycles. The van der Waals surface area contributed by atoms with Crippen molar-refractivity contribution in [3.63, 3.8) is 0 Å². The van der Waals surface area contributed by atoms with Gasteiger partial charge >= 0.3 is 0 Å². The van der Waals surface area contributed by atoms with Gasteiger partial charge in [-0.25, -0.2) is 19.3 Å². The Balaban J connectivity index is 1.75. The third-order valence-electron chi connectivity index (χ3n) is 3.01. The molecule has 0 radical (unpaired) electrons. The van der Waals surface area contributed by atoms with Gasteiger partial charge in [-0.3, -0.25) is 0 Å². The van der Waals surface area contributed by atoms with Crippen LogP contribution in [0.3, 0.4) is 0 Å². The molecule has 0 spiro atoms. The summed E-state index contributed by atoms with van der Waals surface area (Å²) in [6.07, 6.45) is 1.99. The predicted octanol–water partition coefficient (Wildman–Crippen LogP) is 2.29. The number of imidazole rings is 1. The summed E-state index contributed by atoms with van der Waals surface area (Å²) in [5, 5.41) is 13.1. The number of nitrogens with zero attached hydrogens (tertiary/aromatic N) is 3. The molecule has 0 bridgehead atoms. The molecule has 0 aliphatic carbocycles. The number of anilines is 1. The van der Waals surface area contributed by atoms with Crippen LogP contribution in [-0.4, -0.2) is 31.6 Å². The van der Waals surface area contributed by atoms with E-state index in [9.17, 15) is 9.50 Å². The van der Waals surface area contributed by atoms with Gasteiger partial charge in [0.2, 0.25) is 0 Å². The molecule has 6 nitrogen and oxygen atoms in total. The van der Waals surface area contributed by atoms with E-state index in [-0.39, 0.29) is 11.6 Å². The normalized spacial score (nSPS) is 12.5. The first-order valence-electron chi connectivity index (χ1n) is 6.16. The fraction of sp³-hybridized carbons (Fsp3) is 0.154. The average molecular weight is 308 g/mol. The molecule has 2 aromatic heterocycles. The largest absolute Gasteiger partial charge is 0.387 e. The average Bonchev–Trinajstić information content (AvgIpc) is 2.96. The van der Waals surface area contributed by atoms with Gasteiger partial charge in [-0.2, -0.15) is 0 Å². The van der Waals surface area contributed by atoms with Gasteiger partial charge in [-0.1, -0.05) is 17.7 Å². The Morgan fingerprint density at radius 3 is 3.00 bits per heavy atom. The molecule has 0 saturated carbocycles. The second-order valence-electron chi connectivity index (χ2n) is 4.39. The lowest BCUT2D eigenvalue weighted by atomic mass is 10.1. The maximum Gasteiger partial charge on any atom is 0.182 e. The van der Waals surface area contributed by atoms with E-state index in [1.54, 1.807) is 6.07 Å². The molecular formula is C13H11ClFN5O. The van der Waals surface area contributed by atoms with Gasteiger partial charge in [-0.15, -0.1) is 0 Å². The highest BCUT2D eigenvalue weighted by Gasteiger charge is 2.12. The van der Waals surface area contributed by atoms with E-state index in [4.69, 9.17) is 11.6 Å².